The van der Waals surface area contributed by atoms with Crippen LogP contribution in [0.5, 0.6) is 0 Å². The molecule has 0 saturated heterocycles. The van der Waals surface area contributed by atoms with Gasteiger partial charge in [0.1, 0.15) is 11.0 Å². The molecule has 0 unspecified atom stereocenters. The van der Waals surface area contributed by atoms with Crippen molar-refractivity contribution < 1.29 is 4.39 Å². The second-order valence-electron chi connectivity index (χ2n) is 4.58. The lowest BCUT2D eigenvalue weighted by Gasteiger charge is -2.06. The second-order valence-corrected chi connectivity index (χ2v) is 4.94. The van der Waals surface area contributed by atoms with Crippen LogP contribution in [0.15, 0.2) is 18.2 Å². The first-order valence-corrected chi connectivity index (χ1v) is 6.35. The Balaban J connectivity index is 2.12. The molecule has 0 amide bonds. The Labute approximate surface area is 110 Å². The summed E-state index contributed by atoms with van der Waals surface area (Å²) in [7, 11) is 0. The van der Waals surface area contributed by atoms with Crippen LogP contribution in [0.25, 0.3) is 11.4 Å². The Kier molecular flexibility index (Phi) is 2.78. The minimum atomic E-state index is -0.217. The fourth-order valence-electron chi connectivity index (χ4n) is 2.30. The summed E-state index contributed by atoms with van der Waals surface area (Å²) < 4.78 is 13.2. The van der Waals surface area contributed by atoms with Gasteiger partial charge < -0.3 is 0 Å². The molecule has 2 nitrogen and oxygen atoms in total. The summed E-state index contributed by atoms with van der Waals surface area (Å²) in [5, 5.41) is 0.537. The Morgan fingerprint density at radius 3 is 2.83 bits per heavy atom. The van der Waals surface area contributed by atoms with Crippen LogP contribution in [-0.2, 0) is 12.8 Å². The highest BCUT2D eigenvalue weighted by Gasteiger charge is 2.18. The molecular formula is C14H12ClFN2. The lowest BCUT2D eigenvalue weighted by atomic mass is 10.1. The van der Waals surface area contributed by atoms with Gasteiger partial charge in [-0.15, -0.1) is 0 Å². The van der Waals surface area contributed by atoms with Crippen LogP contribution in [0.3, 0.4) is 0 Å². The van der Waals surface area contributed by atoms with E-state index in [1.165, 1.54) is 6.07 Å². The lowest BCUT2D eigenvalue weighted by Crippen LogP contribution is -1.98. The Morgan fingerprint density at radius 1 is 1.22 bits per heavy atom. The molecule has 2 aromatic rings. The molecule has 0 bridgehead atoms. The fourth-order valence-corrected chi connectivity index (χ4v) is 2.58. The van der Waals surface area contributed by atoms with E-state index >= 15 is 0 Å². The van der Waals surface area contributed by atoms with Gasteiger partial charge in [0.05, 0.1) is 0 Å². The molecule has 1 aromatic carbocycles. The normalized spacial score (nSPS) is 13.7. The van der Waals surface area contributed by atoms with Crippen molar-refractivity contribution in [1.82, 2.24) is 9.97 Å². The van der Waals surface area contributed by atoms with Gasteiger partial charge >= 0.3 is 0 Å². The van der Waals surface area contributed by atoms with E-state index in [9.17, 15) is 4.39 Å². The predicted molar refractivity (Wildman–Crippen MR) is 69.2 cm³/mol. The van der Waals surface area contributed by atoms with E-state index < -0.39 is 0 Å². The monoisotopic (exact) mass is 262 g/mol. The summed E-state index contributed by atoms with van der Waals surface area (Å²) in [5.74, 6) is 0.370. The molecule has 0 fully saturated rings. The predicted octanol–water partition coefficient (Wildman–Crippen LogP) is 3.73. The summed E-state index contributed by atoms with van der Waals surface area (Å²) in [6, 6.07) is 4.88. The van der Waals surface area contributed by atoms with Gasteiger partial charge in [0, 0.05) is 16.8 Å². The summed E-state index contributed by atoms with van der Waals surface area (Å²) >= 11 is 6.17. The van der Waals surface area contributed by atoms with Gasteiger partial charge in [-0.3, -0.25) is 0 Å². The number of benzene rings is 1. The van der Waals surface area contributed by atoms with E-state index in [0.717, 1.165) is 36.1 Å². The van der Waals surface area contributed by atoms with Crippen molar-refractivity contribution in [3.05, 3.63) is 46.0 Å². The first-order valence-electron chi connectivity index (χ1n) is 5.97. The van der Waals surface area contributed by atoms with E-state index in [1.54, 1.807) is 19.1 Å². The average Bonchev–Trinajstić information content (AvgIpc) is 2.81. The maximum Gasteiger partial charge on any atom is 0.161 e. The van der Waals surface area contributed by atoms with Gasteiger partial charge in [-0.25, -0.2) is 14.4 Å². The van der Waals surface area contributed by atoms with E-state index in [1.807, 2.05) is 0 Å². The van der Waals surface area contributed by atoms with Crippen molar-refractivity contribution in [2.75, 3.05) is 0 Å². The van der Waals surface area contributed by atoms with E-state index in [2.05, 4.69) is 9.97 Å². The SMILES string of the molecule is Cc1cc(-c2nc(Cl)c3c(n2)CCC3)ccc1F. The molecule has 0 radical (unpaired) electrons. The van der Waals surface area contributed by atoms with Crippen molar-refractivity contribution in [2.24, 2.45) is 0 Å². The zero-order valence-corrected chi connectivity index (χ0v) is 10.8. The molecule has 1 aromatic heterocycles. The number of halogens is 2. The second kappa shape index (κ2) is 4.32. The van der Waals surface area contributed by atoms with Crippen molar-refractivity contribution >= 4 is 11.6 Å². The van der Waals surface area contributed by atoms with Crippen LogP contribution < -0.4 is 0 Å². The van der Waals surface area contributed by atoms with Gasteiger partial charge in [0.2, 0.25) is 0 Å². The van der Waals surface area contributed by atoms with Crippen molar-refractivity contribution in [1.29, 1.82) is 0 Å². The van der Waals surface area contributed by atoms with Gasteiger partial charge in [-0.05, 0) is 49.9 Å². The molecule has 1 heterocycles. The third-order valence-corrected chi connectivity index (χ3v) is 3.61. The van der Waals surface area contributed by atoms with E-state index in [-0.39, 0.29) is 5.82 Å². The molecule has 0 N–H and O–H groups in total. The van der Waals surface area contributed by atoms with Gasteiger partial charge in [-0.2, -0.15) is 0 Å². The van der Waals surface area contributed by atoms with Gasteiger partial charge in [0.25, 0.3) is 0 Å². The Bertz CT molecular complexity index is 625. The first-order chi connectivity index (χ1) is 8.65. The molecule has 1 aliphatic rings. The number of rotatable bonds is 1. The molecule has 18 heavy (non-hydrogen) atoms. The van der Waals surface area contributed by atoms with E-state index in [0.29, 0.717) is 16.5 Å². The van der Waals surface area contributed by atoms with Crippen molar-refractivity contribution in [3.8, 4) is 11.4 Å². The van der Waals surface area contributed by atoms with Crippen LogP contribution in [0.2, 0.25) is 5.15 Å². The standard InChI is InChI=1S/C14H12ClFN2/c1-8-7-9(5-6-11(8)16)14-17-12-4-2-3-10(12)13(15)18-14/h5-7H,2-4H2,1H3. The number of aromatic nitrogens is 2. The summed E-state index contributed by atoms with van der Waals surface area (Å²) in [5.41, 5.74) is 3.50. The quantitative estimate of drug-likeness (QED) is 0.732. The molecule has 3 rings (SSSR count). The van der Waals surface area contributed by atoms with Crippen LogP contribution in [0, 0.1) is 12.7 Å². The highest BCUT2D eigenvalue weighted by molar-refractivity contribution is 6.30. The Morgan fingerprint density at radius 2 is 2.06 bits per heavy atom. The van der Waals surface area contributed by atoms with Crippen LogP contribution >= 0.6 is 11.6 Å². The summed E-state index contributed by atoms with van der Waals surface area (Å²) in [4.78, 5) is 8.85. The molecule has 92 valence electrons. The topological polar surface area (TPSA) is 25.8 Å². The largest absolute Gasteiger partial charge is 0.233 e. The molecule has 0 atom stereocenters. The van der Waals surface area contributed by atoms with Crippen molar-refractivity contribution in [2.45, 2.75) is 26.2 Å². The molecular weight excluding hydrogens is 251 g/mol. The minimum Gasteiger partial charge on any atom is -0.233 e. The van der Waals surface area contributed by atoms with Crippen LogP contribution in [0.1, 0.15) is 23.2 Å². The number of fused-ring (bicyclic) bond motifs is 1. The molecule has 0 saturated carbocycles. The highest BCUT2D eigenvalue weighted by atomic mass is 35.5. The molecule has 1 aliphatic carbocycles. The average molecular weight is 263 g/mol. The minimum absolute atomic E-state index is 0.217. The van der Waals surface area contributed by atoms with Gasteiger partial charge in [0.15, 0.2) is 5.82 Å². The fraction of sp³-hybridized carbons (Fsp3) is 0.286. The van der Waals surface area contributed by atoms with Crippen LogP contribution in [0.4, 0.5) is 4.39 Å². The number of aryl methyl sites for hydroxylation is 2. The summed E-state index contributed by atoms with van der Waals surface area (Å²) in [6.45, 7) is 1.73. The summed E-state index contributed by atoms with van der Waals surface area (Å²) in [6.07, 6.45) is 2.98. The highest BCUT2D eigenvalue weighted by Crippen LogP contribution is 2.29. The zero-order valence-electron chi connectivity index (χ0n) is 10.0. The maximum atomic E-state index is 13.2. The maximum absolute atomic E-state index is 13.2. The number of hydrogen-bond acceptors (Lipinski definition) is 2. The van der Waals surface area contributed by atoms with E-state index in [4.69, 9.17) is 11.6 Å². The molecule has 4 heteroatoms. The van der Waals surface area contributed by atoms with Gasteiger partial charge in [-0.1, -0.05) is 11.6 Å². The Hall–Kier alpha value is -1.48. The lowest BCUT2D eigenvalue weighted by molar-refractivity contribution is 0.618. The smallest absolute Gasteiger partial charge is 0.161 e. The zero-order chi connectivity index (χ0) is 12.7. The molecule has 0 spiro atoms. The first kappa shape index (κ1) is 11.6. The number of nitrogens with zero attached hydrogens (tertiary/aromatic N) is 2. The van der Waals surface area contributed by atoms with Crippen LogP contribution in [-0.4, -0.2) is 9.97 Å². The van der Waals surface area contributed by atoms with Crippen molar-refractivity contribution in [3.63, 3.8) is 0 Å². The third-order valence-electron chi connectivity index (χ3n) is 3.30. The molecule has 0 aliphatic heterocycles. The third kappa shape index (κ3) is 1.89. The number of hydrogen-bond donors (Lipinski definition) is 0.